The zero-order valence-corrected chi connectivity index (χ0v) is 19.9. The molecule has 32 heavy (non-hydrogen) atoms. The van der Waals surface area contributed by atoms with E-state index in [1.165, 1.54) is 4.31 Å². The lowest BCUT2D eigenvalue weighted by Crippen LogP contribution is -2.30. The Hall–Kier alpha value is -2.72. The van der Waals surface area contributed by atoms with Gasteiger partial charge in [0.1, 0.15) is 17.3 Å². The van der Waals surface area contributed by atoms with Crippen molar-refractivity contribution in [1.82, 2.24) is 24.3 Å². The molecule has 1 N–H and O–H groups in total. The van der Waals surface area contributed by atoms with Crippen LogP contribution in [0, 0.1) is 6.92 Å². The van der Waals surface area contributed by atoms with Crippen LogP contribution in [0.1, 0.15) is 50.9 Å². The number of nitrogens with one attached hydrogen (secondary N) is 1. The molecule has 0 aliphatic carbocycles. The van der Waals surface area contributed by atoms with Gasteiger partial charge in [-0.15, -0.1) is 0 Å². The van der Waals surface area contributed by atoms with Crippen LogP contribution in [-0.4, -0.2) is 46.4 Å². The summed E-state index contributed by atoms with van der Waals surface area (Å²) in [6, 6.07) is 6.86. The van der Waals surface area contributed by atoms with Crippen LogP contribution in [0.5, 0.6) is 0 Å². The van der Waals surface area contributed by atoms with Crippen LogP contribution in [0.15, 0.2) is 33.7 Å². The van der Waals surface area contributed by atoms with Gasteiger partial charge in [-0.05, 0) is 31.5 Å². The predicted molar refractivity (Wildman–Crippen MR) is 122 cm³/mol. The highest BCUT2D eigenvalue weighted by Crippen LogP contribution is 2.24. The number of fused-ring (bicyclic) bond motifs is 1. The summed E-state index contributed by atoms with van der Waals surface area (Å²) in [6.07, 6.45) is 1.63. The molecular weight excluding hydrogens is 430 g/mol. The van der Waals surface area contributed by atoms with E-state index < -0.39 is 10.0 Å². The molecule has 0 aliphatic heterocycles. The Morgan fingerprint density at radius 3 is 2.56 bits per heavy atom. The highest BCUT2D eigenvalue weighted by atomic mass is 32.2. The van der Waals surface area contributed by atoms with E-state index in [2.05, 4.69) is 26.9 Å². The number of sulfonamides is 1. The Morgan fingerprint density at radius 2 is 1.94 bits per heavy atom. The van der Waals surface area contributed by atoms with Gasteiger partial charge in [0.15, 0.2) is 0 Å². The normalized spacial score (nSPS) is 12.0. The summed E-state index contributed by atoms with van der Waals surface area (Å²) in [4.78, 5) is 17.2. The van der Waals surface area contributed by atoms with Gasteiger partial charge in [-0.2, -0.15) is 4.31 Å². The van der Waals surface area contributed by atoms with Gasteiger partial charge in [-0.25, -0.2) is 13.4 Å². The molecule has 3 rings (SSSR count). The fraction of sp³-hybridized carbons (Fsp3) is 0.500. The molecule has 0 spiro atoms. The van der Waals surface area contributed by atoms with Crippen LogP contribution in [0.4, 0.5) is 0 Å². The fourth-order valence-corrected chi connectivity index (χ4v) is 5.18. The third-order valence-electron chi connectivity index (χ3n) is 5.31. The number of imidazole rings is 1. The second-order valence-electron chi connectivity index (χ2n) is 7.63. The second kappa shape index (κ2) is 10.3. The Morgan fingerprint density at radius 1 is 1.19 bits per heavy atom. The SMILES string of the molecule is CCCn1c(CCC(=O)NCc2cc(C)on2)nc2cc(S(=O)(=O)N(CC)CC)ccc21. The number of hydrogen-bond donors (Lipinski definition) is 1. The number of aromatic nitrogens is 3. The van der Waals surface area contributed by atoms with Gasteiger partial charge in [-0.3, -0.25) is 4.79 Å². The number of rotatable bonds is 11. The predicted octanol–water partition coefficient (Wildman–Crippen LogP) is 3.02. The highest BCUT2D eigenvalue weighted by Gasteiger charge is 2.23. The van der Waals surface area contributed by atoms with Crippen molar-refractivity contribution < 1.29 is 17.7 Å². The Labute approximate surface area is 188 Å². The molecule has 3 aromatic rings. The molecule has 1 amide bonds. The number of carbonyl (C=O) groups excluding carboxylic acids is 1. The number of hydrogen-bond acceptors (Lipinski definition) is 6. The van der Waals surface area contributed by atoms with E-state index in [9.17, 15) is 13.2 Å². The van der Waals surface area contributed by atoms with Gasteiger partial charge in [0.25, 0.3) is 0 Å². The molecule has 0 saturated carbocycles. The largest absolute Gasteiger partial charge is 0.361 e. The monoisotopic (exact) mass is 461 g/mol. The zero-order valence-electron chi connectivity index (χ0n) is 19.1. The molecule has 0 bridgehead atoms. The minimum absolute atomic E-state index is 0.106. The lowest BCUT2D eigenvalue weighted by Gasteiger charge is -2.18. The number of carbonyl (C=O) groups is 1. The molecule has 0 radical (unpaired) electrons. The van der Waals surface area contributed by atoms with Gasteiger partial charge >= 0.3 is 0 Å². The molecule has 0 aliphatic rings. The van der Waals surface area contributed by atoms with E-state index in [1.54, 1.807) is 25.1 Å². The van der Waals surface area contributed by atoms with Gasteiger partial charge in [-0.1, -0.05) is 25.9 Å². The molecule has 1 aromatic carbocycles. The van der Waals surface area contributed by atoms with Crippen molar-refractivity contribution in [2.75, 3.05) is 13.1 Å². The summed E-state index contributed by atoms with van der Waals surface area (Å²) in [6.45, 7) is 9.40. The smallest absolute Gasteiger partial charge is 0.243 e. The molecule has 10 heteroatoms. The summed E-state index contributed by atoms with van der Waals surface area (Å²) in [5.41, 5.74) is 2.18. The summed E-state index contributed by atoms with van der Waals surface area (Å²) in [5, 5.41) is 6.71. The first kappa shape index (κ1) is 23.9. The van der Waals surface area contributed by atoms with Crippen LogP contribution in [0.25, 0.3) is 11.0 Å². The van der Waals surface area contributed by atoms with Crippen molar-refractivity contribution in [3.63, 3.8) is 0 Å². The summed E-state index contributed by atoms with van der Waals surface area (Å²) < 4.78 is 34.3. The minimum atomic E-state index is -3.56. The van der Waals surface area contributed by atoms with E-state index >= 15 is 0 Å². The van der Waals surface area contributed by atoms with Gasteiger partial charge in [0, 0.05) is 38.5 Å². The Bertz CT molecular complexity index is 1180. The molecule has 0 atom stereocenters. The molecule has 174 valence electrons. The standard InChI is InChI=1S/C22H31N5O4S/c1-5-12-27-20-9-8-18(32(29,30)26(6-2)7-3)14-19(20)24-21(27)10-11-22(28)23-15-17-13-16(4)31-25-17/h8-9,13-14H,5-7,10-12,15H2,1-4H3,(H,23,28). The number of nitrogens with zero attached hydrogens (tertiary/aromatic N) is 4. The fourth-order valence-electron chi connectivity index (χ4n) is 3.70. The molecule has 9 nitrogen and oxygen atoms in total. The van der Waals surface area contributed by atoms with E-state index in [1.807, 2.05) is 19.9 Å². The third kappa shape index (κ3) is 5.18. The summed E-state index contributed by atoms with van der Waals surface area (Å²) in [7, 11) is -3.56. The summed E-state index contributed by atoms with van der Waals surface area (Å²) in [5.74, 6) is 1.36. The maximum atomic E-state index is 12.9. The Kier molecular flexibility index (Phi) is 7.68. The van der Waals surface area contributed by atoms with Crippen LogP contribution >= 0.6 is 0 Å². The van der Waals surface area contributed by atoms with Crippen molar-refractivity contribution >= 4 is 27.0 Å². The lowest BCUT2D eigenvalue weighted by molar-refractivity contribution is -0.121. The van der Waals surface area contributed by atoms with Crippen molar-refractivity contribution in [1.29, 1.82) is 0 Å². The van der Waals surface area contributed by atoms with E-state index in [4.69, 9.17) is 4.52 Å². The van der Waals surface area contributed by atoms with Gasteiger partial charge in [0.05, 0.1) is 22.5 Å². The molecule has 0 unspecified atom stereocenters. The van der Waals surface area contributed by atoms with Crippen LogP contribution in [0.3, 0.4) is 0 Å². The average Bonchev–Trinajstić information content (AvgIpc) is 3.34. The number of aryl methyl sites for hydroxylation is 3. The third-order valence-corrected chi connectivity index (χ3v) is 7.35. The van der Waals surface area contributed by atoms with Crippen molar-refractivity contribution in [2.45, 2.75) is 64.9 Å². The highest BCUT2D eigenvalue weighted by molar-refractivity contribution is 7.89. The average molecular weight is 462 g/mol. The topological polar surface area (TPSA) is 110 Å². The number of benzene rings is 1. The second-order valence-corrected chi connectivity index (χ2v) is 9.56. The van der Waals surface area contributed by atoms with E-state index in [-0.39, 0.29) is 17.2 Å². The van der Waals surface area contributed by atoms with Gasteiger partial charge < -0.3 is 14.4 Å². The van der Waals surface area contributed by atoms with Crippen LogP contribution in [-0.2, 0) is 34.3 Å². The van der Waals surface area contributed by atoms with Gasteiger partial charge in [0.2, 0.25) is 15.9 Å². The van der Waals surface area contributed by atoms with E-state index in [0.717, 1.165) is 24.3 Å². The first-order valence-corrected chi connectivity index (χ1v) is 12.4. The van der Waals surface area contributed by atoms with Crippen molar-refractivity contribution in [2.24, 2.45) is 0 Å². The maximum absolute atomic E-state index is 12.9. The zero-order chi connectivity index (χ0) is 23.3. The van der Waals surface area contributed by atoms with Crippen LogP contribution < -0.4 is 5.32 Å². The minimum Gasteiger partial charge on any atom is -0.361 e. The summed E-state index contributed by atoms with van der Waals surface area (Å²) >= 11 is 0. The molecule has 2 aromatic heterocycles. The van der Waals surface area contributed by atoms with Crippen LogP contribution in [0.2, 0.25) is 0 Å². The number of amides is 1. The molecule has 0 fully saturated rings. The Balaban J connectivity index is 1.78. The van der Waals surface area contributed by atoms with Crippen molar-refractivity contribution in [3.8, 4) is 0 Å². The quantitative estimate of drug-likeness (QED) is 0.470. The first-order valence-electron chi connectivity index (χ1n) is 11.0. The molecular formula is C22H31N5O4S. The van der Waals surface area contributed by atoms with Crippen molar-refractivity contribution in [3.05, 3.63) is 41.5 Å². The maximum Gasteiger partial charge on any atom is 0.243 e. The lowest BCUT2D eigenvalue weighted by atomic mass is 10.2. The van der Waals surface area contributed by atoms with E-state index in [0.29, 0.717) is 43.0 Å². The first-order chi connectivity index (χ1) is 15.3. The molecule has 2 heterocycles. The molecule has 0 saturated heterocycles.